The second-order valence-corrected chi connectivity index (χ2v) is 5.08. The highest BCUT2D eigenvalue weighted by atomic mass is 14.8. The van der Waals surface area contributed by atoms with Crippen molar-refractivity contribution in [3.05, 3.63) is 11.3 Å². The van der Waals surface area contributed by atoms with Crippen LogP contribution in [-0.2, 0) is 0 Å². The molecule has 0 spiro atoms. The van der Waals surface area contributed by atoms with Crippen LogP contribution in [0.1, 0.15) is 51.4 Å². The number of hydrogen-bond acceptors (Lipinski definition) is 2. The summed E-state index contributed by atoms with van der Waals surface area (Å²) in [6.07, 6.45) is 14.8. The van der Waals surface area contributed by atoms with Crippen LogP contribution in [0.5, 0.6) is 0 Å². The van der Waals surface area contributed by atoms with E-state index in [4.69, 9.17) is 12.2 Å². The van der Waals surface area contributed by atoms with Crippen molar-refractivity contribution >= 4 is 5.71 Å². The van der Waals surface area contributed by atoms with Crippen LogP contribution in [0.15, 0.2) is 16.3 Å². The predicted molar refractivity (Wildman–Crippen MR) is 72.8 cm³/mol. The zero-order valence-electron chi connectivity index (χ0n) is 10.5. The molecule has 2 nitrogen and oxygen atoms in total. The van der Waals surface area contributed by atoms with Crippen LogP contribution in [0.4, 0.5) is 0 Å². The lowest BCUT2D eigenvalue weighted by atomic mass is 9.84. The normalized spacial score (nSPS) is 22.9. The third-order valence-electron chi connectivity index (χ3n) is 3.90. The molecular formula is C15H22N2. The molecule has 1 fully saturated rings. The second-order valence-electron chi connectivity index (χ2n) is 5.08. The predicted octanol–water partition coefficient (Wildman–Crippen LogP) is 3.04. The Hall–Kier alpha value is -1.23. The number of allylic oxidation sites excluding steroid dienone is 2. The summed E-state index contributed by atoms with van der Waals surface area (Å²) < 4.78 is 0. The SMILES string of the molecule is C#CC/C(C1=NCCC1)=C(/N)C1CCCCC1. The fourth-order valence-electron chi connectivity index (χ4n) is 2.92. The Morgan fingerprint density at radius 2 is 2.06 bits per heavy atom. The van der Waals surface area contributed by atoms with Crippen molar-refractivity contribution in [1.29, 1.82) is 0 Å². The maximum Gasteiger partial charge on any atom is 0.0407 e. The fraction of sp³-hybridized carbons (Fsp3) is 0.667. The molecule has 2 rings (SSSR count). The molecular weight excluding hydrogens is 208 g/mol. The van der Waals surface area contributed by atoms with E-state index in [0.717, 1.165) is 25.1 Å². The summed E-state index contributed by atoms with van der Waals surface area (Å²) >= 11 is 0. The molecule has 1 saturated carbocycles. The van der Waals surface area contributed by atoms with E-state index in [-0.39, 0.29) is 0 Å². The summed E-state index contributed by atoms with van der Waals surface area (Å²) in [5, 5.41) is 0. The van der Waals surface area contributed by atoms with Gasteiger partial charge in [-0.25, -0.2) is 0 Å². The van der Waals surface area contributed by atoms with E-state index >= 15 is 0 Å². The molecule has 17 heavy (non-hydrogen) atoms. The largest absolute Gasteiger partial charge is 0.402 e. The monoisotopic (exact) mass is 230 g/mol. The molecule has 0 saturated heterocycles. The van der Waals surface area contributed by atoms with E-state index in [1.165, 1.54) is 43.4 Å². The Morgan fingerprint density at radius 1 is 1.29 bits per heavy atom. The summed E-state index contributed by atoms with van der Waals surface area (Å²) in [5.41, 5.74) is 9.77. The van der Waals surface area contributed by atoms with Crippen molar-refractivity contribution in [2.75, 3.05) is 6.54 Å². The molecule has 0 radical (unpaired) electrons. The summed E-state index contributed by atoms with van der Waals surface area (Å²) in [6.45, 7) is 0.946. The van der Waals surface area contributed by atoms with E-state index in [0.29, 0.717) is 12.3 Å². The van der Waals surface area contributed by atoms with Gasteiger partial charge in [0.2, 0.25) is 0 Å². The van der Waals surface area contributed by atoms with Gasteiger partial charge in [-0.05, 0) is 31.6 Å². The summed E-state index contributed by atoms with van der Waals surface area (Å²) in [6, 6.07) is 0. The zero-order chi connectivity index (χ0) is 12.1. The minimum Gasteiger partial charge on any atom is -0.402 e. The lowest BCUT2D eigenvalue weighted by Crippen LogP contribution is -2.20. The summed E-state index contributed by atoms with van der Waals surface area (Å²) in [4.78, 5) is 4.55. The van der Waals surface area contributed by atoms with Crippen LogP contribution in [0.2, 0.25) is 0 Å². The first-order chi connectivity index (χ1) is 8.33. The van der Waals surface area contributed by atoms with Crippen LogP contribution in [0.3, 0.4) is 0 Å². The van der Waals surface area contributed by atoms with Crippen LogP contribution < -0.4 is 5.73 Å². The molecule has 1 aliphatic carbocycles. The molecule has 0 aromatic rings. The highest BCUT2D eigenvalue weighted by molar-refractivity contribution is 6.02. The maximum absolute atomic E-state index is 6.36. The highest BCUT2D eigenvalue weighted by Crippen LogP contribution is 2.30. The first kappa shape index (κ1) is 12.2. The van der Waals surface area contributed by atoms with E-state index in [1.54, 1.807) is 0 Å². The minimum atomic E-state index is 0.551. The number of aliphatic imine (C=N–C) groups is 1. The average molecular weight is 230 g/mol. The molecule has 0 unspecified atom stereocenters. The molecule has 0 aromatic carbocycles. The molecule has 0 bridgehead atoms. The smallest absolute Gasteiger partial charge is 0.0407 e. The summed E-state index contributed by atoms with van der Waals surface area (Å²) in [5.74, 6) is 3.30. The molecule has 2 heteroatoms. The average Bonchev–Trinajstić information content (AvgIpc) is 2.90. The Bertz CT molecular complexity index is 365. The van der Waals surface area contributed by atoms with Crippen LogP contribution in [-0.4, -0.2) is 12.3 Å². The second kappa shape index (κ2) is 5.91. The third kappa shape index (κ3) is 2.91. The van der Waals surface area contributed by atoms with Crippen molar-refractivity contribution in [3.8, 4) is 12.3 Å². The third-order valence-corrected chi connectivity index (χ3v) is 3.90. The van der Waals surface area contributed by atoms with Gasteiger partial charge in [0.15, 0.2) is 0 Å². The van der Waals surface area contributed by atoms with E-state index in [1.807, 2.05) is 0 Å². The number of nitrogens with zero attached hydrogens (tertiary/aromatic N) is 1. The Morgan fingerprint density at radius 3 is 2.65 bits per heavy atom. The first-order valence-electron chi connectivity index (χ1n) is 6.78. The van der Waals surface area contributed by atoms with Gasteiger partial charge in [-0.15, -0.1) is 12.3 Å². The molecule has 0 atom stereocenters. The van der Waals surface area contributed by atoms with Gasteiger partial charge in [0.25, 0.3) is 0 Å². The van der Waals surface area contributed by atoms with Crippen molar-refractivity contribution in [3.63, 3.8) is 0 Å². The van der Waals surface area contributed by atoms with Gasteiger partial charge in [0.05, 0.1) is 0 Å². The topological polar surface area (TPSA) is 38.4 Å². The molecule has 1 aliphatic heterocycles. The van der Waals surface area contributed by atoms with Crippen molar-refractivity contribution < 1.29 is 0 Å². The lowest BCUT2D eigenvalue weighted by Gasteiger charge is -2.24. The van der Waals surface area contributed by atoms with Gasteiger partial charge in [0, 0.05) is 29.9 Å². The molecule has 2 N–H and O–H groups in total. The van der Waals surface area contributed by atoms with Crippen molar-refractivity contribution in [2.45, 2.75) is 51.4 Å². The van der Waals surface area contributed by atoms with E-state index < -0.39 is 0 Å². The van der Waals surface area contributed by atoms with Crippen LogP contribution >= 0.6 is 0 Å². The van der Waals surface area contributed by atoms with E-state index in [2.05, 4.69) is 10.9 Å². The zero-order valence-corrected chi connectivity index (χ0v) is 10.5. The van der Waals surface area contributed by atoms with Gasteiger partial charge in [-0.2, -0.15) is 0 Å². The van der Waals surface area contributed by atoms with Gasteiger partial charge < -0.3 is 5.73 Å². The first-order valence-corrected chi connectivity index (χ1v) is 6.78. The minimum absolute atomic E-state index is 0.551. The number of rotatable bonds is 3. The van der Waals surface area contributed by atoms with Gasteiger partial charge in [-0.3, -0.25) is 4.99 Å². The Balaban J connectivity index is 2.19. The van der Waals surface area contributed by atoms with Crippen molar-refractivity contribution in [2.24, 2.45) is 16.6 Å². The number of terminal acetylenes is 1. The lowest BCUT2D eigenvalue weighted by molar-refractivity contribution is 0.398. The van der Waals surface area contributed by atoms with Crippen LogP contribution in [0, 0.1) is 18.3 Å². The van der Waals surface area contributed by atoms with E-state index in [9.17, 15) is 0 Å². The van der Waals surface area contributed by atoms with Crippen molar-refractivity contribution in [1.82, 2.24) is 0 Å². The summed E-state index contributed by atoms with van der Waals surface area (Å²) in [7, 11) is 0. The standard InChI is InChI=1S/C15H22N2/c1-2-7-13(14-10-6-11-17-14)15(16)12-8-4-3-5-9-12/h1,12H,3-11,16H2/b15-13-. The molecule has 2 aliphatic rings. The Labute approximate surface area is 104 Å². The molecule has 92 valence electrons. The molecule has 1 heterocycles. The number of nitrogens with two attached hydrogens (primary N) is 1. The maximum atomic E-state index is 6.36. The van der Waals surface area contributed by atoms with Gasteiger partial charge in [-0.1, -0.05) is 19.3 Å². The highest BCUT2D eigenvalue weighted by Gasteiger charge is 2.21. The number of hydrogen-bond donors (Lipinski definition) is 1. The van der Waals surface area contributed by atoms with Gasteiger partial charge in [0.1, 0.15) is 0 Å². The molecule has 0 aromatic heterocycles. The molecule has 0 amide bonds. The Kier molecular flexibility index (Phi) is 4.25. The van der Waals surface area contributed by atoms with Crippen LogP contribution in [0.25, 0.3) is 0 Å². The fourth-order valence-corrected chi connectivity index (χ4v) is 2.92. The van der Waals surface area contributed by atoms with Gasteiger partial charge >= 0.3 is 0 Å². The quantitative estimate of drug-likeness (QED) is 0.744.